The van der Waals surface area contributed by atoms with Crippen LogP contribution in [0.5, 0.6) is 0 Å². The lowest BCUT2D eigenvalue weighted by Gasteiger charge is -2.34. The van der Waals surface area contributed by atoms with Gasteiger partial charge in [0.25, 0.3) is 0 Å². The van der Waals surface area contributed by atoms with Gasteiger partial charge in [0.1, 0.15) is 5.76 Å². The van der Waals surface area contributed by atoms with Gasteiger partial charge < -0.3 is 18.5 Å². The van der Waals surface area contributed by atoms with E-state index in [9.17, 15) is 0 Å². The van der Waals surface area contributed by atoms with Crippen molar-refractivity contribution in [2.45, 2.75) is 39.2 Å². The van der Waals surface area contributed by atoms with Gasteiger partial charge in [-0.05, 0) is 38.4 Å². The highest BCUT2D eigenvalue weighted by molar-refractivity contribution is 7.41. The minimum atomic E-state index is -1.17. The van der Waals surface area contributed by atoms with Crippen LogP contribution in [0.3, 0.4) is 0 Å². The van der Waals surface area contributed by atoms with Gasteiger partial charge in [-0.2, -0.15) is 0 Å². The van der Waals surface area contributed by atoms with Crippen molar-refractivity contribution < 1.29 is 13.6 Å². The summed E-state index contributed by atoms with van der Waals surface area (Å²) in [5.41, 5.74) is 0.111. The van der Waals surface area contributed by atoms with E-state index in [1.165, 1.54) is 13.0 Å². The van der Waals surface area contributed by atoms with Gasteiger partial charge in [-0.15, -0.1) is 0 Å². The van der Waals surface area contributed by atoms with Crippen LogP contribution in [0.15, 0.2) is 11.8 Å². The molecule has 0 amide bonds. The Kier molecular flexibility index (Phi) is 3.87. The lowest BCUT2D eigenvalue weighted by Crippen LogP contribution is -2.32. The van der Waals surface area contributed by atoms with Gasteiger partial charge in [0.05, 0.1) is 13.2 Å². The first-order valence-electron chi connectivity index (χ1n) is 7.17. The second kappa shape index (κ2) is 5.33. The fourth-order valence-electron chi connectivity index (χ4n) is 3.01. The van der Waals surface area contributed by atoms with Crippen molar-refractivity contribution >= 4 is 8.60 Å². The van der Waals surface area contributed by atoms with Crippen LogP contribution in [-0.4, -0.2) is 37.7 Å². The number of rotatable bonds is 2. The van der Waals surface area contributed by atoms with Crippen LogP contribution in [0.4, 0.5) is 0 Å². The van der Waals surface area contributed by atoms with Crippen LogP contribution in [-0.2, 0) is 13.6 Å². The highest BCUT2D eigenvalue weighted by Gasteiger charge is 2.37. The molecule has 2 heterocycles. The molecule has 1 aliphatic carbocycles. The lowest BCUT2D eigenvalue weighted by atomic mass is 9.89. The number of likely N-dealkylation sites (tertiary alicyclic amines) is 1. The predicted molar refractivity (Wildman–Crippen MR) is 75.5 cm³/mol. The molecule has 0 spiro atoms. The molecule has 2 fully saturated rings. The van der Waals surface area contributed by atoms with Crippen molar-refractivity contribution in [3.05, 3.63) is 11.8 Å². The zero-order chi connectivity index (χ0) is 13.5. The molecule has 0 N–H and O–H groups in total. The van der Waals surface area contributed by atoms with E-state index in [4.69, 9.17) is 13.6 Å². The quantitative estimate of drug-likeness (QED) is 0.728. The summed E-state index contributed by atoms with van der Waals surface area (Å²) < 4.78 is 17.3. The molecule has 0 aromatic rings. The molecule has 0 saturated carbocycles. The maximum absolute atomic E-state index is 5.94. The summed E-state index contributed by atoms with van der Waals surface area (Å²) in [7, 11) is 1.05. The van der Waals surface area contributed by atoms with Crippen LogP contribution in [0.25, 0.3) is 0 Å². The van der Waals surface area contributed by atoms with E-state index in [-0.39, 0.29) is 5.41 Å². The Morgan fingerprint density at radius 3 is 2.84 bits per heavy atom. The van der Waals surface area contributed by atoms with Crippen molar-refractivity contribution in [2.24, 2.45) is 11.3 Å². The van der Waals surface area contributed by atoms with Crippen molar-refractivity contribution in [3.63, 3.8) is 0 Å². The normalized spacial score (nSPS) is 35.8. The summed E-state index contributed by atoms with van der Waals surface area (Å²) in [4.78, 5) is 2.46. The minimum absolute atomic E-state index is 0.111. The van der Waals surface area contributed by atoms with Crippen LogP contribution in [0.2, 0.25) is 0 Å². The SMILES string of the molecule is CN1CCC2CC=C(OP3OCC(C)(C)CO3)CC21. The fraction of sp³-hybridized carbons (Fsp3) is 0.857. The molecular weight excluding hydrogens is 261 g/mol. The van der Waals surface area contributed by atoms with Gasteiger partial charge in [-0.1, -0.05) is 13.8 Å². The van der Waals surface area contributed by atoms with E-state index in [1.54, 1.807) is 0 Å². The lowest BCUT2D eigenvalue weighted by molar-refractivity contribution is 0.0333. The molecule has 4 nitrogen and oxygen atoms in total. The summed E-state index contributed by atoms with van der Waals surface area (Å²) in [6, 6.07) is 0.649. The second-order valence-corrected chi connectivity index (χ2v) is 7.88. The molecule has 0 aromatic heterocycles. The number of nitrogens with zero attached hydrogens (tertiary/aromatic N) is 1. The van der Waals surface area contributed by atoms with E-state index in [2.05, 4.69) is 31.9 Å². The predicted octanol–water partition coefficient (Wildman–Crippen LogP) is 3.30. The summed E-state index contributed by atoms with van der Waals surface area (Å²) in [5, 5.41) is 0. The fourth-order valence-corrected chi connectivity index (χ4v) is 4.44. The number of fused-ring (bicyclic) bond motifs is 1. The van der Waals surface area contributed by atoms with E-state index in [1.807, 2.05) is 0 Å². The Morgan fingerprint density at radius 1 is 1.37 bits per heavy atom. The maximum Gasteiger partial charge on any atom is 0.396 e. The molecule has 19 heavy (non-hydrogen) atoms. The highest BCUT2D eigenvalue weighted by atomic mass is 31.2. The Labute approximate surface area is 117 Å². The van der Waals surface area contributed by atoms with Gasteiger partial charge >= 0.3 is 8.60 Å². The van der Waals surface area contributed by atoms with Crippen molar-refractivity contribution in [1.29, 1.82) is 0 Å². The van der Waals surface area contributed by atoms with Crippen molar-refractivity contribution in [2.75, 3.05) is 26.8 Å². The third kappa shape index (κ3) is 3.13. The van der Waals surface area contributed by atoms with Gasteiger partial charge in [0.15, 0.2) is 0 Å². The average Bonchev–Trinajstić information content (AvgIpc) is 2.74. The van der Waals surface area contributed by atoms with Crippen LogP contribution in [0, 0.1) is 11.3 Å². The summed E-state index contributed by atoms with van der Waals surface area (Å²) in [6.45, 7) is 6.96. The Balaban J connectivity index is 1.54. The molecule has 2 saturated heterocycles. The smallest absolute Gasteiger partial charge is 0.396 e. The van der Waals surface area contributed by atoms with Gasteiger partial charge in [-0.3, -0.25) is 0 Å². The maximum atomic E-state index is 5.94. The first-order valence-corrected chi connectivity index (χ1v) is 8.26. The summed E-state index contributed by atoms with van der Waals surface area (Å²) in [5.74, 6) is 1.89. The molecular formula is C14H24NO3P. The monoisotopic (exact) mass is 285 g/mol. The Bertz CT molecular complexity index is 362. The van der Waals surface area contributed by atoms with Gasteiger partial charge in [0, 0.05) is 17.9 Å². The van der Waals surface area contributed by atoms with Gasteiger partial charge in [-0.25, -0.2) is 0 Å². The zero-order valence-electron chi connectivity index (χ0n) is 12.1. The first kappa shape index (κ1) is 13.8. The highest BCUT2D eigenvalue weighted by Crippen LogP contribution is 2.50. The van der Waals surface area contributed by atoms with E-state index < -0.39 is 8.60 Å². The van der Waals surface area contributed by atoms with Crippen molar-refractivity contribution in [1.82, 2.24) is 4.90 Å². The molecule has 0 bridgehead atoms. The largest absolute Gasteiger partial charge is 0.432 e. The van der Waals surface area contributed by atoms with Crippen LogP contribution in [0.1, 0.15) is 33.1 Å². The van der Waals surface area contributed by atoms with Crippen LogP contribution >= 0.6 is 8.60 Å². The van der Waals surface area contributed by atoms with E-state index in [0.717, 1.165) is 37.7 Å². The molecule has 2 atom stereocenters. The topological polar surface area (TPSA) is 30.9 Å². The average molecular weight is 285 g/mol. The third-order valence-electron chi connectivity index (χ3n) is 4.33. The first-order chi connectivity index (χ1) is 9.03. The Hall–Kier alpha value is -0.150. The molecule has 5 heteroatoms. The number of hydrogen-bond donors (Lipinski definition) is 0. The number of allylic oxidation sites excluding steroid dienone is 1. The molecule has 0 radical (unpaired) electrons. The Morgan fingerprint density at radius 2 is 2.11 bits per heavy atom. The molecule has 2 aliphatic heterocycles. The minimum Gasteiger partial charge on any atom is -0.432 e. The van der Waals surface area contributed by atoms with E-state index in [0.29, 0.717) is 6.04 Å². The molecule has 0 aromatic carbocycles. The number of hydrogen-bond acceptors (Lipinski definition) is 4. The van der Waals surface area contributed by atoms with Gasteiger partial charge in [0.2, 0.25) is 0 Å². The van der Waals surface area contributed by atoms with E-state index >= 15 is 0 Å². The molecule has 3 aliphatic rings. The summed E-state index contributed by atoms with van der Waals surface area (Å²) >= 11 is 0. The zero-order valence-corrected chi connectivity index (χ0v) is 13.0. The molecule has 108 valence electrons. The molecule has 2 unspecified atom stereocenters. The van der Waals surface area contributed by atoms with Crippen molar-refractivity contribution in [3.8, 4) is 0 Å². The van der Waals surface area contributed by atoms with Crippen LogP contribution < -0.4 is 0 Å². The standard InChI is InChI=1S/C14H24NO3P/c1-14(2)9-16-19(17-10-14)18-12-5-4-11-6-7-15(3)13(11)8-12/h5,11,13H,4,6-10H2,1-3H3. The second-order valence-electron chi connectivity index (χ2n) is 6.73. The molecule has 3 rings (SSSR count). The summed E-state index contributed by atoms with van der Waals surface area (Å²) in [6.07, 6.45) is 5.71. The third-order valence-corrected chi connectivity index (χ3v) is 5.40.